The number of carbonyl (C=O) groups excluding carboxylic acids is 1. The van der Waals surface area contributed by atoms with E-state index in [9.17, 15) is 4.79 Å². The topological polar surface area (TPSA) is 86.9 Å². The van der Waals surface area contributed by atoms with Gasteiger partial charge in [-0.2, -0.15) is 4.98 Å². The lowest BCUT2D eigenvalue weighted by Gasteiger charge is -2.12. The Bertz CT molecular complexity index is 686. The van der Waals surface area contributed by atoms with Crippen molar-refractivity contribution in [1.82, 2.24) is 15.0 Å². The maximum atomic E-state index is 11.6. The number of amides is 1. The first-order valence-electron chi connectivity index (χ1n) is 7.33. The van der Waals surface area contributed by atoms with Crippen LogP contribution in [0.4, 0.5) is 0 Å². The fraction of sp³-hybridized carbons (Fsp3) is 0.438. The second kappa shape index (κ2) is 7.67. The number of benzene rings is 1. The molecule has 0 aliphatic heterocycles. The first-order valence-corrected chi connectivity index (χ1v) is 7.33. The molecular formula is C16H21N3O5. The van der Waals surface area contributed by atoms with Gasteiger partial charge in [0.15, 0.2) is 11.5 Å². The Balaban J connectivity index is 2.25. The van der Waals surface area contributed by atoms with Crippen molar-refractivity contribution < 1.29 is 23.5 Å². The van der Waals surface area contributed by atoms with Crippen molar-refractivity contribution in [2.24, 2.45) is 0 Å². The van der Waals surface area contributed by atoms with Crippen molar-refractivity contribution in [1.29, 1.82) is 0 Å². The van der Waals surface area contributed by atoms with Gasteiger partial charge >= 0.3 is 0 Å². The number of hydrogen-bond acceptors (Lipinski definition) is 7. The molecule has 8 nitrogen and oxygen atoms in total. The summed E-state index contributed by atoms with van der Waals surface area (Å²) < 4.78 is 21.1. The molecule has 0 unspecified atom stereocenters. The molecule has 1 amide bonds. The van der Waals surface area contributed by atoms with Gasteiger partial charge in [-0.05, 0) is 12.1 Å². The van der Waals surface area contributed by atoms with Gasteiger partial charge in [0.05, 0.1) is 21.3 Å². The number of carbonyl (C=O) groups is 1. The van der Waals surface area contributed by atoms with Crippen LogP contribution in [0.25, 0.3) is 11.4 Å². The minimum Gasteiger partial charge on any atom is -0.493 e. The summed E-state index contributed by atoms with van der Waals surface area (Å²) in [6.45, 7) is 0. The minimum absolute atomic E-state index is 0.00235. The number of methoxy groups -OCH3 is 3. The van der Waals surface area contributed by atoms with Gasteiger partial charge in [0, 0.05) is 32.5 Å². The van der Waals surface area contributed by atoms with E-state index in [1.165, 1.54) is 26.2 Å². The van der Waals surface area contributed by atoms with Gasteiger partial charge in [0.2, 0.25) is 23.4 Å². The molecule has 1 aromatic heterocycles. The smallest absolute Gasteiger partial charge is 0.227 e. The molecule has 0 bridgehead atoms. The third kappa shape index (κ3) is 3.76. The molecule has 0 radical (unpaired) electrons. The predicted octanol–water partition coefficient (Wildman–Crippen LogP) is 1.78. The highest BCUT2D eigenvalue weighted by Crippen LogP contribution is 2.40. The average molecular weight is 335 g/mol. The number of hydrogen-bond donors (Lipinski definition) is 0. The number of aryl methyl sites for hydroxylation is 1. The summed E-state index contributed by atoms with van der Waals surface area (Å²) >= 11 is 0. The molecule has 0 fully saturated rings. The molecule has 24 heavy (non-hydrogen) atoms. The van der Waals surface area contributed by atoms with Crippen LogP contribution < -0.4 is 14.2 Å². The highest BCUT2D eigenvalue weighted by atomic mass is 16.5. The van der Waals surface area contributed by atoms with Crippen LogP contribution in [-0.4, -0.2) is 56.4 Å². The standard InChI is InChI=1S/C16H21N3O5/c1-19(2)14(20)7-6-13-17-16(18-24-13)10-8-11(21-3)15(23-5)12(9-10)22-4/h8-9H,6-7H2,1-5H3. The normalized spacial score (nSPS) is 10.4. The summed E-state index contributed by atoms with van der Waals surface area (Å²) in [5.74, 6) is 2.28. The van der Waals surface area contributed by atoms with Crippen LogP contribution in [0.5, 0.6) is 17.2 Å². The molecule has 130 valence electrons. The van der Waals surface area contributed by atoms with Crippen LogP contribution in [0.15, 0.2) is 16.7 Å². The second-order valence-electron chi connectivity index (χ2n) is 5.21. The molecule has 8 heteroatoms. The molecule has 0 saturated heterocycles. The maximum Gasteiger partial charge on any atom is 0.227 e. The Hall–Kier alpha value is -2.77. The van der Waals surface area contributed by atoms with Crippen molar-refractivity contribution >= 4 is 5.91 Å². The average Bonchev–Trinajstić information content (AvgIpc) is 3.06. The number of nitrogens with zero attached hydrogens (tertiary/aromatic N) is 3. The number of ether oxygens (including phenoxy) is 3. The second-order valence-corrected chi connectivity index (χ2v) is 5.21. The summed E-state index contributed by atoms with van der Waals surface area (Å²) in [5, 5.41) is 3.95. The zero-order valence-electron chi connectivity index (χ0n) is 14.5. The Kier molecular flexibility index (Phi) is 5.62. The summed E-state index contributed by atoms with van der Waals surface area (Å²) in [7, 11) is 8.02. The fourth-order valence-corrected chi connectivity index (χ4v) is 2.12. The van der Waals surface area contributed by atoms with E-state index < -0.39 is 0 Å². The van der Waals surface area contributed by atoms with E-state index >= 15 is 0 Å². The Morgan fingerprint density at radius 3 is 2.25 bits per heavy atom. The van der Waals surface area contributed by atoms with E-state index in [2.05, 4.69) is 10.1 Å². The van der Waals surface area contributed by atoms with Crippen molar-refractivity contribution in [2.75, 3.05) is 35.4 Å². The first-order chi connectivity index (χ1) is 11.5. The van der Waals surface area contributed by atoms with Gasteiger partial charge in [0.1, 0.15) is 0 Å². The van der Waals surface area contributed by atoms with E-state index in [1.807, 2.05) is 0 Å². The molecule has 1 heterocycles. The van der Waals surface area contributed by atoms with Crippen LogP contribution in [0.1, 0.15) is 12.3 Å². The van der Waals surface area contributed by atoms with E-state index in [4.69, 9.17) is 18.7 Å². The molecule has 2 aromatic rings. The Morgan fingerprint density at radius 2 is 1.75 bits per heavy atom. The third-order valence-corrected chi connectivity index (χ3v) is 3.44. The summed E-state index contributed by atoms with van der Waals surface area (Å²) in [5.41, 5.74) is 0.665. The van der Waals surface area contributed by atoms with Crippen molar-refractivity contribution in [3.05, 3.63) is 18.0 Å². The lowest BCUT2D eigenvalue weighted by Crippen LogP contribution is -2.21. The van der Waals surface area contributed by atoms with Crippen molar-refractivity contribution in [3.63, 3.8) is 0 Å². The lowest BCUT2D eigenvalue weighted by molar-refractivity contribution is -0.128. The largest absolute Gasteiger partial charge is 0.493 e. The summed E-state index contributed by atoms with van der Waals surface area (Å²) in [6, 6.07) is 3.47. The zero-order chi connectivity index (χ0) is 17.7. The van der Waals surface area contributed by atoms with Gasteiger partial charge in [-0.3, -0.25) is 4.79 Å². The monoisotopic (exact) mass is 335 g/mol. The van der Waals surface area contributed by atoms with Gasteiger partial charge in [0.25, 0.3) is 0 Å². The molecule has 0 saturated carbocycles. The quantitative estimate of drug-likeness (QED) is 0.762. The first kappa shape index (κ1) is 17.6. The molecule has 0 aliphatic rings. The Morgan fingerprint density at radius 1 is 1.12 bits per heavy atom. The van der Waals surface area contributed by atoms with Crippen LogP contribution in [0.2, 0.25) is 0 Å². The van der Waals surface area contributed by atoms with E-state index in [-0.39, 0.29) is 5.91 Å². The van der Waals surface area contributed by atoms with E-state index in [1.54, 1.807) is 26.2 Å². The Labute approximate surface area is 140 Å². The molecular weight excluding hydrogens is 314 g/mol. The van der Waals surface area contributed by atoms with Gasteiger partial charge in [-0.15, -0.1) is 0 Å². The molecule has 0 atom stereocenters. The third-order valence-electron chi connectivity index (χ3n) is 3.44. The molecule has 2 rings (SSSR count). The molecule has 0 spiro atoms. The van der Waals surface area contributed by atoms with Gasteiger partial charge in [-0.25, -0.2) is 0 Å². The van der Waals surface area contributed by atoms with Crippen molar-refractivity contribution in [3.8, 4) is 28.6 Å². The molecule has 0 N–H and O–H groups in total. The number of aromatic nitrogens is 2. The SMILES string of the molecule is COc1cc(-c2noc(CCC(=O)N(C)C)n2)cc(OC)c1OC. The van der Waals surface area contributed by atoms with Crippen LogP contribution in [0.3, 0.4) is 0 Å². The zero-order valence-corrected chi connectivity index (χ0v) is 14.5. The van der Waals surface area contributed by atoms with E-state index in [0.29, 0.717) is 47.4 Å². The highest BCUT2D eigenvalue weighted by molar-refractivity contribution is 5.75. The number of rotatable bonds is 7. The van der Waals surface area contributed by atoms with Crippen molar-refractivity contribution in [2.45, 2.75) is 12.8 Å². The van der Waals surface area contributed by atoms with Gasteiger partial charge in [-0.1, -0.05) is 5.16 Å². The minimum atomic E-state index is 0.00235. The van der Waals surface area contributed by atoms with Crippen LogP contribution >= 0.6 is 0 Å². The van der Waals surface area contributed by atoms with Crippen LogP contribution in [0, 0.1) is 0 Å². The maximum absolute atomic E-state index is 11.6. The molecule has 1 aromatic carbocycles. The van der Waals surface area contributed by atoms with Crippen LogP contribution in [-0.2, 0) is 11.2 Å². The molecule has 0 aliphatic carbocycles. The summed E-state index contributed by atoms with van der Waals surface area (Å²) in [4.78, 5) is 17.5. The van der Waals surface area contributed by atoms with E-state index in [0.717, 1.165) is 0 Å². The fourth-order valence-electron chi connectivity index (χ4n) is 2.12. The lowest BCUT2D eigenvalue weighted by atomic mass is 10.1. The predicted molar refractivity (Wildman–Crippen MR) is 86.4 cm³/mol. The highest BCUT2D eigenvalue weighted by Gasteiger charge is 2.17. The summed E-state index contributed by atoms with van der Waals surface area (Å²) in [6.07, 6.45) is 0.693. The van der Waals surface area contributed by atoms with Gasteiger partial charge < -0.3 is 23.6 Å².